The molecule has 0 radical (unpaired) electrons. The number of hydrogen-bond acceptors (Lipinski definition) is 2. The Morgan fingerprint density at radius 3 is 2.13 bits per heavy atom. The van der Waals surface area contributed by atoms with E-state index in [1.54, 1.807) is 18.2 Å². The molecule has 0 saturated heterocycles. The van der Waals surface area contributed by atoms with Crippen molar-refractivity contribution >= 4 is 27.5 Å². The van der Waals surface area contributed by atoms with Gasteiger partial charge < -0.3 is 14.0 Å². The number of aromatic nitrogens is 1. The van der Waals surface area contributed by atoms with Crippen LogP contribution in [0.2, 0.25) is 0 Å². The highest BCUT2D eigenvalue weighted by Crippen LogP contribution is 2.32. The number of nitrogens with zero attached hydrogens (tertiary/aromatic N) is 1. The van der Waals surface area contributed by atoms with E-state index in [-0.39, 0.29) is 0 Å². The molecule has 0 N–H and O–H groups in total. The van der Waals surface area contributed by atoms with E-state index < -0.39 is 0 Å². The van der Waals surface area contributed by atoms with Crippen molar-refractivity contribution < 1.29 is 9.47 Å². The van der Waals surface area contributed by atoms with Crippen molar-refractivity contribution in [1.82, 2.24) is 4.57 Å². The molecular formula is C36H41NO2. The molecule has 0 atom stereocenters. The Morgan fingerprint density at radius 1 is 0.821 bits per heavy atom. The predicted octanol–water partition coefficient (Wildman–Crippen LogP) is 10.7. The first-order valence-corrected chi connectivity index (χ1v) is 13.3. The van der Waals surface area contributed by atoms with Crippen LogP contribution >= 0.6 is 0 Å². The Morgan fingerprint density at radius 2 is 1.51 bits per heavy atom. The van der Waals surface area contributed by atoms with Crippen LogP contribution in [0.5, 0.6) is 0 Å². The van der Waals surface area contributed by atoms with Crippen molar-refractivity contribution in [2.75, 3.05) is 0 Å². The van der Waals surface area contributed by atoms with Crippen molar-refractivity contribution in [3.63, 3.8) is 0 Å². The number of fused-ring (bicyclic) bond motifs is 3. The molecular weight excluding hydrogens is 478 g/mol. The Kier molecular flexibility index (Phi) is 12.4. The molecule has 0 bridgehead atoms. The van der Waals surface area contributed by atoms with E-state index in [0.29, 0.717) is 23.0 Å². The summed E-state index contributed by atoms with van der Waals surface area (Å²) in [6, 6.07) is 15.1. The lowest BCUT2D eigenvalue weighted by Crippen LogP contribution is -2.08. The molecule has 3 heteroatoms. The molecule has 0 aliphatic carbocycles. The summed E-state index contributed by atoms with van der Waals surface area (Å²) < 4.78 is 13.6. The predicted molar refractivity (Wildman–Crippen MR) is 171 cm³/mol. The largest absolute Gasteiger partial charge is 0.450 e. The summed E-state index contributed by atoms with van der Waals surface area (Å²) in [6.45, 7) is 23.3. The number of hydrogen-bond donors (Lipinski definition) is 0. The second-order valence-corrected chi connectivity index (χ2v) is 8.25. The van der Waals surface area contributed by atoms with Crippen LogP contribution in [0.3, 0.4) is 0 Å². The van der Waals surface area contributed by atoms with E-state index in [2.05, 4.69) is 79.8 Å². The lowest BCUT2D eigenvalue weighted by molar-refractivity contribution is 0.188. The van der Waals surface area contributed by atoms with Gasteiger partial charge in [0.05, 0.1) is 11.0 Å². The Labute approximate surface area is 234 Å². The van der Waals surface area contributed by atoms with Crippen LogP contribution in [-0.4, -0.2) is 4.57 Å². The molecule has 202 valence electrons. The van der Waals surface area contributed by atoms with E-state index in [0.717, 1.165) is 5.70 Å². The molecule has 2 aromatic carbocycles. The zero-order valence-corrected chi connectivity index (χ0v) is 24.2. The van der Waals surface area contributed by atoms with Crippen LogP contribution < -0.4 is 0 Å². The number of aryl methyl sites for hydroxylation is 1. The summed E-state index contributed by atoms with van der Waals surface area (Å²) in [4.78, 5) is 0. The number of allylic oxidation sites excluding steroid dienone is 11. The maximum absolute atomic E-state index is 5.69. The van der Waals surface area contributed by atoms with Gasteiger partial charge in [-0.15, -0.1) is 0 Å². The van der Waals surface area contributed by atoms with Crippen LogP contribution in [0.15, 0.2) is 146 Å². The molecule has 3 nitrogen and oxygen atoms in total. The zero-order chi connectivity index (χ0) is 28.8. The van der Waals surface area contributed by atoms with Gasteiger partial charge in [0.2, 0.25) is 0 Å². The first-order chi connectivity index (χ1) is 19.0. The molecule has 1 aromatic heterocycles. The van der Waals surface area contributed by atoms with Crippen LogP contribution in [0.25, 0.3) is 27.5 Å². The summed E-state index contributed by atoms with van der Waals surface area (Å²) in [7, 11) is 0. The number of rotatable bonds is 6. The van der Waals surface area contributed by atoms with Gasteiger partial charge in [-0.1, -0.05) is 87.7 Å². The summed E-state index contributed by atoms with van der Waals surface area (Å²) in [5.41, 5.74) is 4.80. The van der Waals surface area contributed by atoms with Crippen LogP contribution in [-0.2, 0) is 9.47 Å². The summed E-state index contributed by atoms with van der Waals surface area (Å²) in [5.74, 6) is 2.59. The Hall–Kier alpha value is -4.50. The van der Waals surface area contributed by atoms with Crippen molar-refractivity contribution in [2.45, 2.75) is 41.5 Å². The number of benzene rings is 2. The van der Waals surface area contributed by atoms with Crippen molar-refractivity contribution in [3.05, 3.63) is 152 Å². The molecule has 2 heterocycles. The Bertz CT molecular complexity index is 1500. The van der Waals surface area contributed by atoms with Crippen LogP contribution in [0.1, 0.15) is 40.2 Å². The van der Waals surface area contributed by atoms with Crippen molar-refractivity contribution in [1.29, 1.82) is 0 Å². The van der Waals surface area contributed by atoms with Crippen molar-refractivity contribution in [3.8, 4) is 0 Å². The average Bonchev–Trinajstić information content (AvgIpc) is 3.29. The highest BCUT2D eigenvalue weighted by molar-refractivity contribution is 6.10. The van der Waals surface area contributed by atoms with E-state index in [1.807, 2.05) is 71.1 Å². The van der Waals surface area contributed by atoms with Crippen molar-refractivity contribution in [2.24, 2.45) is 0 Å². The standard InChI is InChI=1S/C20H19N.C14H16O2.C2H6/c1-4-6-9-16(5-2)21-19-11-8-7-10-17(19)18-14-15(3)12-13-20(18)21;1-5-9-13-11(7-3)15-12(8-4)14(16-13)10-6-2;1-2/h4-14H,2H2,1,3H3;5-10H,1,4H2,2-3H3;1-2H3/b6-4-,16-9+;10-6-,11-7+,13-9+;. The monoisotopic (exact) mass is 519 g/mol. The summed E-state index contributed by atoms with van der Waals surface area (Å²) in [5, 5.41) is 2.57. The normalized spacial score (nSPS) is 15.6. The lowest BCUT2D eigenvalue weighted by atomic mass is 10.1. The van der Waals surface area contributed by atoms with Crippen LogP contribution in [0, 0.1) is 6.92 Å². The molecule has 1 aliphatic heterocycles. The molecule has 0 unspecified atom stereocenters. The van der Waals surface area contributed by atoms with Gasteiger partial charge in [-0.25, -0.2) is 0 Å². The molecule has 0 amide bonds. The molecule has 39 heavy (non-hydrogen) atoms. The molecule has 4 rings (SSSR count). The highest BCUT2D eigenvalue weighted by atomic mass is 16.6. The topological polar surface area (TPSA) is 23.4 Å². The second kappa shape index (κ2) is 15.7. The minimum atomic E-state index is 0.618. The maximum Gasteiger partial charge on any atom is 0.169 e. The van der Waals surface area contributed by atoms with Gasteiger partial charge in [0, 0.05) is 16.5 Å². The fourth-order valence-electron chi connectivity index (χ4n) is 4.07. The minimum Gasteiger partial charge on any atom is -0.450 e. The van der Waals surface area contributed by atoms with E-state index in [4.69, 9.17) is 9.47 Å². The Balaban J connectivity index is 0.000000267. The number of ether oxygens (including phenoxy) is 2. The molecule has 0 spiro atoms. The fraction of sp³-hybridized carbons (Fsp3) is 0.167. The van der Waals surface area contributed by atoms with E-state index in [9.17, 15) is 0 Å². The molecule has 1 aliphatic rings. The van der Waals surface area contributed by atoms with Gasteiger partial charge in [0.1, 0.15) is 0 Å². The lowest BCUT2D eigenvalue weighted by Gasteiger charge is -2.22. The minimum absolute atomic E-state index is 0.618. The SMILES string of the molecule is C=C/C(=C\C=C/C)n1c2ccccc2c2cc(C)ccc21.C=C/C=C1/OC(/C=C\C)=C(C=C)O/C1=C/C.CC. The molecule has 0 saturated carbocycles. The third kappa shape index (κ3) is 7.30. The van der Waals surface area contributed by atoms with Gasteiger partial charge in [-0.2, -0.15) is 0 Å². The third-order valence-corrected chi connectivity index (χ3v) is 5.72. The highest BCUT2D eigenvalue weighted by Gasteiger charge is 2.19. The maximum atomic E-state index is 5.69. The second-order valence-electron chi connectivity index (χ2n) is 8.25. The van der Waals surface area contributed by atoms with Gasteiger partial charge >= 0.3 is 0 Å². The fourth-order valence-corrected chi connectivity index (χ4v) is 4.07. The molecule has 3 aromatic rings. The van der Waals surface area contributed by atoms with E-state index in [1.165, 1.54) is 27.4 Å². The van der Waals surface area contributed by atoms with Gasteiger partial charge in [0.15, 0.2) is 23.0 Å². The van der Waals surface area contributed by atoms with Gasteiger partial charge in [-0.3, -0.25) is 0 Å². The van der Waals surface area contributed by atoms with E-state index >= 15 is 0 Å². The number of para-hydroxylation sites is 1. The molecule has 0 fully saturated rings. The quantitative estimate of drug-likeness (QED) is 0.302. The van der Waals surface area contributed by atoms with Crippen LogP contribution in [0.4, 0.5) is 0 Å². The third-order valence-electron chi connectivity index (χ3n) is 5.72. The first kappa shape index (κ1) is 30.7. The average molecular weight is 520 g/mol. The summed E-state index contributed by atoms with van der Waals surface area (Å²) in [6.07, 6.45) is 18.7. The smallest absolute Gasteiger partial charge is 0.169 e. The van der Waals surface area contributed by atoms with Gasteiger partial charge in [-0.05, 0) is 82.4 Å². The first-order valence-electron chi connectivity index (χ1n) is 13.3. The summed E-state index contributed by atoms with van der Waals surface area (Å²) >= 11 is 0. The zero-order valence-electron chi connectivity index (χ0n) is 24.2. The van der Waals surface area contributed by atoms with Gasteiger partial charge in [0.25, 0.3) is 0 Å².